The van der Waals surface area contributed by atoms with Crippen LogP contribution in [0.3, 0.4) is 0 Å². The van der Waals surface area contributed by atoms with Crippen molar-refractivity contribution in [2.45, 2.75) is 13.1 Å². The monoisotopic (exact) mass is 301 g/mol. The molecular formula is C14H15N5O3. The lowest BCUT2D eigenvalue weighted by atomic mass is 10.2. The lowest BCUT2D eigenvalue weighted by molar-refractivity contribution is 0.194. The molecule has 0 saturated carbocycles. The second kappa shape index (κ2) is 5.76. The van der Waals surface area contributed by atoms with E-state index < -0.39 is 12.1 Å². The van der Waals surface area contributed by atoms with Gasteiger partial charge in [0.25, 0.3) is 0 Å². The topological polar surface area (TPSA) is 99.5 Å². The average molecular weight is 301 g/mol. The van der Waals surface area contributed by atoms with Gasteiger partial charge in [-0.1, -0.05) is 12.1 Å². The molecule has 1 aliphatic heterocycles. The Morgan fingerprint density at radius 1 is 1.18 bits per heavy atom. The van der Waals surface area contributed by atoms with E-state index in [-0.39, 0.29) is 0 Å². The van der Waals surface area contributed by atoms with Crippen LogP contribution in [0.4, 0.5) is 21.1 Å². The zero-order valence-electron chi connectivity index (χ0n) is 11.7. The minimum Gasteiger partial charge on any atom is -0.465 e. The molecule has 3 rings (SSSR count). The molecular weight excluding hydrogens is 286 g/mol. The van der Waals surface area contributed by atoms with Crippen molar-refractivity contribution < 1.29 is 14.7 Å². The average Bonchev–Trinajstić information content (AvgIpc) is 3.05. The van der Waals surface area contributed by atoms with E-state index in [4.69, 9.17) is 5.11 Å². The highest BCUT2D eigenvalue weighted by Gasteiger charge is 2.18. The maximum absolute atomic E-state index is 11.3. The number of benzene rings is 1. The molecule has 22 heavy (non-hydrogen) atoms. The molecule has 3 amide bonds. The number of nitrogens with zero attached hydrogens (tertiary/aromatic N) is 3. The molecule has 8 nitrogen and oxygen atoms in total. The molecule has 0 radical (unpaired) electrons. The SMILES string of the molecule is O=C(O)NC(=O)Nc1ccc(CN2CCn3nccc32)cc1. The van der Waals surface area contributed by atoms with E-state index in [2.05, 4.69) is 15.3 Å². The summed E-state index contributed by atoms with van der Waals surface area (Å²) in [7, 11) is 0. The molecule has 0 saturated heterocycles. The maximum atomic E-state index is 11.3. The van der Waals surface area contributed by atoms with E-state index in [0.717, 1.165) is 31.0 Å². The molecule has 3 N–H and O–H groups in total. The third-order valence-corrected chi connectivity index (χ3v) is 3.41. The van der Waals surface area contributed by atoms with Crippen LogP contribution in [0.15, 0.2) is 36.5 Å². The Bertz CT molecular complexity index is 695. The lowest BCUT2D eigenvalue weighted by Crippen LogP contribution is -2.32. The lowest BCUT2D eigenvalue weighted by Gasteiger charge is -2.17. The fourth-order valence-corrected chi connectivity index (χ4v) is 2.43. The molecule has 0 aliphatic carbocycles. The molecule has 1 aromatic heterocycles. The number of urea groups is 1. The van der Waals surface area contributed by atoms with Gasteiger partial charge >= 0.3 is 12.1 Å². The Morgan fingerprint density at radius 3 is 2.68 bits per heavy atom. The van der Waals surface area contributed by atoms with Crippen molar-refractivity contribution >= 4 is 23.6 Å². The van der Waals surface area contributed by atoms with Gasteiger partial charge < -0.3 is 15.3 Å². The van der Waals surface area contributed by atoms with Crippen molar-refractivity contribution in [3.8, 4) is 0 Å². The summed E-state index contributed by atoms with van der Waals surface area (Å²) in [6.07, 6.45) is 0.398. The van der Waals surface area contributed by atoms with Gasteiger partial charge in [-0.25, -0.2) is 19.6 Å². The van der Waals surface area contributed by atoms with Gasteiger partial charge in [0, 0.05) is 24.8 Å². The number of carboxylic acid groups (broad SMARTS) is 1. The standard InChI is InChI=1S/C14H15N5O3/c20-13(17-14(21)22)16-11-3-1-10(2-4-11)9-18-7-8-19-12(18)5-6-15-19/h1-6H,7-9H2,(H,21,22)(H2,16,17,20). The summed E-state index contributed by atoms with van der Waals surface area (Å²) in [5, 5.41) is 16.8. The first-order valence-corrected chi connectivity index (χ1v) is 6.78. The predicted molar refractivity (Wildman–Crippen MR) is 79.9 cm³/mol. The number of anilines is 2. The third kappa shape index (κ3) is 3.00. The number of hydrogen-bond donors (Lipinski definition) is 3. The summed E-state index contributed by atoms with van der Waals surface area (Å²) in [5.41, 5.74) is 1.63. The van der Waals surface area contributed by atoms with E-state index in [1.807, 2.05) is 22.9 Å². The molecule has 1 aliphatic rings. The Hall–Kier alpha value is -3.03. The molecule has 0 atom stereocenters. The van der Waals surface area contributed by atoms with Crippen LogP contribution in [0.1, 0.15) is 5.56 Å². The van der Waals surface area contributed by atoms with Crippen LogP contribution >= 0.6 is 0 Å². The quantitative estimate of drug-likeness (QED) is 0.801. The van der Waals surface area contributed by atoms with E-state index in [0.29, 0.717) is 5.69 Å². The number of aromatic nitrogens is 2. The number of amides is 3. The van der Waals surface area contributed by atoms with Crippen LogP contribution in [-0.2, 0) is 13.1 Å². The first-order chi connectivity index (χ1) is 10.6. The fraction of sp³-hybridized carbons (Fsp3) is 0.214. The number of carbonyl (C=O) groups is 2. The number of fused-ring (bicyclic) bond motifs is 1. The molecule has 0 spiro atoms. The van der Waals surface area contributed by atoms with E-state index in [1.54, 1.807) is 23.6 Å². The van der Waals surface area contributed by atoms with Gasteiger partial charge in [0.1, 0.15) is 5.82 Å². The van der Waals surface area contributed by atoms with Crippen LogP contribution in [-0.4, -0.2) is 33.6 Å². The number of hydrogen-bond acceptors (Lipinski definition) is 4. The van der Waals surface area contributed by atoms with Crippen molar-refractivity contribution in [1.82, 2.24) is 15.1 Å². The van der Waals surface area contributed by atoms with Crippen molar-refractivity contribution in [2.75, 3.05) is 16.8 Å². The summed E-state index contributed by atoms with van der Waals surface area (Å²) in [6, 6.07) is 8.49. The molecule has 0 bridgehead atoms. The zero-order chi connectivity index (χ0) is 15.5. The second-order valence-corrected chi connectivity index (χ2v) is 4.92. The summed E-state index contributed by atoms with van der Waals surface area (Å²) < 4.78 is 1.96. The van der Waals surface area contributed by atoms with Gasteiger partial charge in [-0.15, -0.1) is 0 Å². The minimum atomic E-state index is -1.39. The van der Waals surface area contributed by atoms with Crippen LogP contribution in [0.5, 0.6) is 0 Å². The number of imide groups is 1. The Labute approximate surface area is 126 Å². The molecule has 2 heterocycles. The van der Waals surface area contributed by atoms with E-state index in [1.165, 1.54) is 0 Å². The van der Waals surface area contributed by atoms with Gasteiger partial charge in [0.15, 0.2) is 0 Å². The highest BCUT2D eigenvalue weighted by atomic mass is 16.4. The van der Waals surface area contributed by atoms with Crippen molar-refractivity contribution in [3.05, 3.63) is 42.1 Å². The van der Waals surface area contributed by atoms with E-state index >= 15 is 0 Å². The Kier molecular flexibility index (Phi) is 3.65. The summed E-state index contributed by atoms with van der Waals surface area (Å²) in [5.74, 6) is 1.10. The largest absolute Gasteiger partial charge is 0.465 e. The van der Waals surface area contributed by atoms with Crippen LogP contribution in [0.2, 0.25) is 0 Å². The second-order valence-electron chi connectivity index (χ2n) is 4.92. The van der Waals surface area contributed by atoms with Gasteiger partial charge in [-0.05, 0) is 17.7 Å². The van der Waals surface area contributed by atoms with Gasteiger partial charge in [0.2, 0.25) is 0 Å². The zero-order valence-corrected chi connectivity index (χ0v) is 11.7. The summed E-state index contributed by atoms with van der Waals surface area (Å²) >= 11 is 0. The smallest absolute Gasteiger partial charge is 0.412 e. The highest BCUT2D eigenvalue weighted by molar-refractivity contribution is 5.98. The molecule has 0 fully saturated rings. The Balaban J connectivity index is 1.60. The molecule has 0 unspecified atom stereocenters. The van der Waals surface area contributed by atoms with Gasteiger partial charge in [0.05, 0.1) is 12.7 Å². The van der Waals surface area contributed by atoms with E-state index in [9.17, 15) is 9.59 Å². The fourth-order valence-electron chi connectivity index (χ4n) is 2.43. The number of carbonyl (C=O) groups excluding carboxylic acids is 1. The van der Waals surface area contributed by atoms with Crippen molar-refractivity contribution in [1.29, 1.82) is 0 Å². The Morgan fingerprint density at radius 2 is 1.95 bits per heavy atom. The number of rotatable bonds is 3. The van der Waals surface area contributed by atoms with Crippen LogP contribution in [0, 0.1) is 0 Å². The number of nitrogens with one attached hydrogen (secondary N) is 2. The highest BCUT2D eigenvalue weighted by Crippen LogP contribution is 2.22. The minimum absolute atomic E-state index is 0.536. The van der Waals surface area contributed by atoms with Crippen LogP contribution in [0.25, 0.3) is 0 Å². The first-order valence-electron chi connectivity index (χ1n) is 6.78. The molecule has 8 heteroatoms. The maximum Gasteiger partial charge on any atom is 0.412 e. The van der Waals surface area contributed by atoms with Crippen LogP contribution < -0.4 is 15.5 Å². The summed E-state index contributed by atoms with van der Waals surface area (Å²) in [4.78, 5) is 23.8. The molecule has 1 aromatic carbocycles. The molecule has 114 valence electrons. The van der Waals surface area contributed by atoms with Gasteiger partial charge in [-0.3, -0.25) is 0 Å². The summed E-state index contributed by atoms with van der Waals surface area (Å²) in [6.45, 7) is 2.56. The van der Waals surface area contributed by atoms with Crippen molar-refractivity contribution in [3.63, 3.8) is 0 Å². The normalized spacial score (nSPS) is 12.8. The first kappa shape index (κ1) is 13.9. The van der Waals surface area contributed by atoms with Gasteiger partial charge in [-0.2, -0.15) is 5.10 Å². The molecule has 2 aromatic rings. The third-order valence-electron chi connectivity index (χ3n) is 3.41. The van der Waals surface area contributed by atoms with Crippen molar-refractivity contribution in [2.24, 2.45) is 0 Å². The predicted octanol–water partition coefficient (Wildman–Crippen LogP) is 1.70.